The Labute approximate surface area is 80.2 Å². The van der Waals surface area contributed by atoms with Crippen LogP contribution in [0.5, 0.6) is 0 Å². The number of aliphatic hydroxyl groups is 1. The zero-order valence-electron chi connectivity index (χ0n) is 6.98. The van der Waals surface area contributed by atoms with Gasteiger partial charge in [0.1, 0.15) is 6.67 Å². The first-order chi connectivity index (χ1) is 6.22. The van der Waals surface area contributed by atoms with Crippen LogP contribution in [0.15, 0.2) is 23.4 Å². The summed E-state index contributed by atoms with van der Waals surface area (Å²) in [7, 11) is 0. The molecule has 1 heterocycles. The summed E-state index contributed by atoms with van der Waals surface area (Å²) < 4.78 is 11.8. The molecule has 0 saturated carbocycles. The highest BCUT2D eigenvalue weighted by atomic mass is 32.2. The van der Waals surface area contributed by atoms with Gasteiger partial charge in [-0.15, -0.1) is 11.8 Å². The minimum atomic E-state index is -0.913. The zero-order valence-corrected chi connectivity index (χ0v) is 7.80. The molecule has 0 aliphatic rings. The van der Waals surface area contributed by atoms with Crippen molar-refractivity contribution in [1.29, 1.82) is 0 Å². The van der Waals surface area contributed by atoms with Crippen LogP contribution in [0.1, 0.15) is 0 Å². The molecule has 3 nitrogen and oxygen atoms in total. The van der Waals surface area contributed by atoms with Gasteiger partial charge < -0.3 is 10.8 Å². The van der Waals surface area contributed by atoms with Gasteiger partial charge in [-0.2, -0.15) is 0 Å². The number of aromatic nitrogens is 1. The number of halogens is 1. The van der Waals surface area contributed by atoms with Crippen LogP contribution in [0.25, 0.3) is 0 Å². The van der Waals surface area contributed by atoms with Crippen LogP contribution in [0.2, 0.25) is 0 Å². The predicted octanol–water partition coefficient (Wildman–Crippen LogP) is 1.09. The lowest BCUT2D eigenvalue weighted by molar-refractivity contribution is 0.162. The van der Waals surface area contributed by atoms with Gasteiger partial charge in [0, 0.05) is 5.75 Å². The zero-order chi connectivity index (χ0) is 9.68. The van der Waals surface area contributed by atoms with Crippen molar-refractivity contribution in [2.24, 2.45) is 0 Å². The molecule has 3 N–H and O–H groups in total. The Kier molecular flexibility index (Phi) is 3.98. The van der Waals surface area contributed by atoms with Gasteiger partial charge >= 0.3 is 0 Å². The number of pyridine rings is 1. The number of aliphatic hydroxyl groups excluding tert-OH is 1. The van der Waals surface area contributed by atoms with Gasteiger partial charge in [0.05, 0.1) is 23.0 Å². The molecule has 13 heavy (non-hydrogen) atoms. The number of anilines is 1. The van der Waals surface area contributed by atoms with Crippen LogP contribution >= 0.6 is 11.8 Å². The molecular formula is C8H11FN2OS. The van der Waals surface area contributed by atoms with Crippen LogP contribution < -0.4 is 5.73 Å². The van der Waals surface area contributed by atoms with E-state index in [4.69, 9.17) is 10.8 Å². The number of nitrogens with two attached hydrogens (primary N) is 1. The van der Waals surface area contributed by atoms with Crippen LogP contribution in [-0.2, 0) is 0 Å². The van der Waals surface area contributed by atoms with Crippen molar-refractivity contribution in [1.82, 2.24) is 4.98 Å². The highest BCUT2D eigenvalue weighted by Crippen LogP contribution is 2.16. The van der Waals surface area contributed by atoms with E-state index in [2.05, 4.69) is 4.98 Å². The second-order valence-electron chi connectivity index (χ2n) is 2.55. The van der Waals surface area contributed by atoms with E-state index >= 15 is 0 Å². The lowest BCUT2D eigenvalue weighted by Crippen LogP contribution is -2.11. The Morgan fingerprint density at radius 3 is 2.92 bits per heavy atom. The van der Waals surface area contributed by atoms with Crippen molar-refractivity contribution in [2.45, 2.75) is 11.1 Å². The fraction of sp³-hybridized carbons (Fsp3) is 0.375. The summed E-state index contributed by atoms with van der Waals surface area (Å²) in [5.74, 6) is 0.313. The minimum absolute atomic E-state index is 0.313. The van der Waals surface area contributed by atoms with Crippen LogP contribution in [0.4, 0.5) is 10.1 Å². The number of nitrogens with zero attached hydrogens (tertiary/aromatic N) is 1. The van der Waals surface area contributed by atoms with E-state index in [-0.39, 0.29) is 0 Å². The van der Waals surface area contributed by atoms with Crippen molar-refractivity contribution in [3.63, 3.8) is 0 Å². The largest absolute Gasteiger partial charge is 0.397 e. The van der Waals surface area contributed by atoms with Crippen molar-refractivity contribution in [3.05, 3.63) is 18.3 Å². The number of hydrogen-bond acceptors (Lipinski definition) is 4. The Balaban J connectivity index is 2.41. The summed E-state index contributed by atoms with van der Waals surface area (Å²) in [6, 6.07) is 3.46. The highest BCUT2D eigenvalue weighted by molar-refractivity contribution is 7.99. The van der Waals surface area contributed by atoms with Gasteiger partial charge in [0.15, 0.2) is 0 Å². The molecule has 1 aromatic heterocycles. The lowest BCUT2D eigenvalue weighted by Gasteiger charge is -2.04. The van der Waals surface area contributed by atoms with E-state index < -0.39 is 12.8 Å². The second kappa shape index (κ2) is 5.04. The molecule has 0 amide bonds. The Morgan fingerprint density at radius 1 is 1.62 bits per heavy atom. The molecule has 0 aromatic carbocycles. The smallest absolute Gasteiger partial charge is 0.116 e. The summed E-state index contributed by atoms with van der Waals surface area (Å²) in [5, 5.41) is 9.66. The molecule has 0 aliphatic heterocycles. The van der Waals surface area contributed by atoms with E-state index in [1.165, 1.54) is 18.0 Å². The van der Waals surface area contributed by atoms with Gasteiger partial charge in [-0.25, -0.2) is 9.37 Å². The monoisotopic (exact) mass is 202 g/mol. The van der Waals surface area contributed by atoms with E-state index in [0.29, 0.717) is 11.4 Å². The topological polar surface area (TPSA) is 59.1 Å². The van der Waals surface area contributed by atoms with E-state index in [0.717, 1.165) is 5.03 Å². The maximum Gasteiger partial charge on any atom is 0.116 e. The second-order valence-corrected chi connectivity index (χ2v) is 3.59. The summed E-state index contributed by atoms with van der Waals surface area (Å²) in [6.45, 7) is -0.720. The molecule has 0 spiro atoms. The first-order valence-corrected chi connectivity index (χ1v) is 4.79. The first-order valence-electron chi connectivity index (χ1n) is 3.80. The third kappa shape index (κ3) is 3.61. The average molecular weight is 202 g/mol. The van der Waals surface area contributed by atoms with Gasteiger partial charge in [-0.1, -0.05) is 0 Å². The SMILES string of the molecule is Nc1ccc(SCC(O)CF)nc1. The predicted molar refractivity (Wildman–Crippen MR) is 51.4 cm³/mol. The van der Waals surface area contributed by atoms with Crippen molar-refractivity contribution in [3.8, 4) is 0 Å². The average Bonchev–Trinajstić information content (AvgIpc) is 2.16. The fourth-order valence-corrected chi connectivity index (χ4v) is 1.45. The number of hydrogen-bond donors (Lipinski definition) is 2. The number of alkyl halides is 1. The molecule has 5 heteroatoms. The van der Waals surface area contributed by atoms with Crippen LogP contribution in [0, 0.1) is 0 Å². The van der Waals surface area contributed by atoms with E-state index in [1.54, 1.807) is 12.1 Å². The molecule has 1 atom stereocenters. The Bertz CT molecular complexity index is 255. The van der Waals surface area contributed by atoms with E-state index in [9.17, 15) is 4.39 Å². The molecule has 1 unspecified atom stereocenters. The van der Waals surface area contributed by atoms with Gasteiger partial charge in [0.25, 0.3) is 0 Å². The molecule has 0 bridgehead atoms. The van der Waals surface area contributed by atoms with Gasteiger partial charge in [-0.05, 0) is 12.1 Å². The van der Waals surface area contributed by atoms with Gasteiger partial charge in [-0.3, -0.25) is 0 Å². The Hall–Kier alpha value is -0.810. The quantitative estimate of drug-likeness (QED) is 0.717. The first kappa shape index (κ1) is 10.3. The molecule has 1 rings (SSSR count). The molecule has 0 fully saturated rings. The van der Waals surface area contributed by atoms with Gasteiger partial charge in [0.2, 0.25) is 0 Å². The molecule has 0 aliphatic carbocycles. The number of thioether (sulfide) groups is 1. The molecule has 0 radical (unpaired) electrons. The third-order valence-corrected chi connectivity index (χ3v) is 2.45. The summed E-state index contributed by atoms with van der Waals surface area (Å²) >= 11 is 1.31. The Morgan fingerprint density at radius 2 is 2.38 bits per heavy atom. The minimum Gasteiger partial charge on any atom is -0.397 e. The lowest BCUT2D eigenvalue weighted by atomic mass is 10.4. The maximum absolute atomic E-state index is 11.8. The normalized spacial score (nSPS) is 12.8. The summed E-state index contributed by atoms with van der Waals surface area (Å²) in [4.78, 5) is 3.99. The summed E-state index contributed by atoms with van der Waals surface area (Å²) in [6.07, 6.45) is 0.619. The standard InChI is InChI=1S/C8H11FN2OS/c9-3-7(12)5-13-8-2-1-6(10)4-11-8/h1-2,4,7,12H,3,5,10H2. The number of nitrogen functional groups attached to an aromatic ring is 1. The molecular weight excluding hydrogens is 191 g/mol. The van der Waals surface area contributed by atoms with Crippen LogP contribution in [0.3, 0.4) is 0 Å². The number of rotatable bonds is 4. The molecule has 72 valence electrons. The van der Waals surface area contributed by atoms with Crippen molar-refractivity contribution in [2.75, 3.05) is 18.2 Å². The maximum atomic E-state index is 11.8. The third-order valence-electron chi connectivity index (χ3n) is 1.36. The van der Waals surface area contributed by atoms with Crippen molar-refractivity contribution >= 4 is 17.4 Å². The van der Waals surface area contributed by atoms with Crippen molar-refractivity contribution < 1.29 is 9.50 Å². The highest BCUT2D eigenvalue weighted by Gasteiger charge is 2.04. The summed E-state index contributed by atoms with van der Waals surface area (Å²) in [5.41, 5.74) is 6.02. The van der Waals surface area contributed by atoms with Crippen LogP contribution in [-0.4, -0.2) is 28.6 Å². The fourth-order valence-electron chi connectivity index (χ4n) is 0.703. The van der Waals surface area contributed by atoms with E-state index in [1.807, 2.05) is 0 Å². The molecule has 1 aromatic rings. The molecule has 0 saturated heterocycles.